The molecule has 2 aliphatic rings. The average Bonchev–Trinajstić information content (AvgIpc) is 2.83. The standard InChI is InChI=1S/C28H37N3O2/c1-4-31(25-11-13-33-14-12-25)28-10-6-8-26-21(3)30-18-24-17-29-20(2)15-23(24)16-22(19-32)7-5-9-27(26)28/h5-8,10,15,17,22,25,30,32H,3-4,9,11-14,16,18-19H2,1-2H3/b7-5+. The highest BCUT2D eigenvalue weighted by Gasteiger charge is 2.24. The van der Waals surface area contributed by atoms with Crippen molar-refractivity contribution in [3.05, 3.63) is 77.1 Å². The third-order valence-corrected chi connectivity index (χ3v) is 6.92. The molecule has 1 aromatic heterocycles. The van der Waals surface area contributed by atoms with Crippen molar-refractivity contribution in [2.24, 2.45) is 5.92 Å². The molecule has 0 bridgehead atoms. The van der Waals surface area contributed by atoms with E-state index in [4.69, 9.17) is 4.74 Å². The summed E-state index contributed by atoms with van der Waals surface area (Å²) < 4.78 is 5.62. The Labute approximate surface area is 198 Å². The number of rotatable bonds is 4. The first-order valence-corrected chi connectivity index (χ1v) is 12.2. The molecular formula is C28H37N3O2. The summed E-state index contributed by atoms with van der Waals surface area (Å²) in [5.41, 5.74) is 8.06. The van der Waals surface area contributed by atoms with E-state index in [-0.39, 0.29) is 12.5 Å². The molecule has 0 radical (unpaired) electrons. The number of aryl methyl sites for hydroxylation is 1. The van der Waals surface area contributed by atoms with E-state index in [0.717, 1.165) is 68.0 Å². The lowest BCUT2D eigenvalue weighted by molar-refractivity contribution is 0.0846. The molecule has 1 atom stereocenters. The van der Waals surface area contributed by atoms with Crippen LogP contribution >= 0.6 is 0 Å². The normalized spacial score (nSPS) is 20.6. The molecule has 2 aliphatic heterocycles. The Hall–Kier alpha value is -2.63. The lowest BCUT2D eigenvalue weighted by Crippen LogP contribution is -2.40. The van der Waals surface area contributed by atoms with E-state index in [1.165, 1.54) is 16.8 Å². The second-order valence-electron chi connectivity index (χ2n) is 9.14. The van der Waals surface area contributed by atoms with Gasteiger partial charge in [0.05, 0.1) is 0 Å². The van der Waals surface area contributed by atoms with Gasteiger partial charge in [-0.25, -0.2) is 0 Å². The maximum atomic E-state index is 10.1. The van der Waals surface area contributed by atoms with E-state index in [9.17, 15) is 5.11 Å². The Morgan fingerprint density at radius 3 is 2.82 bits per heavy atom. The van der Waals surface area contributed by atoms with Crippen LogP contribution in [0.1, 0.15) is 47.7 Å². The molecule has 2 N–H and O–H groups in total. The van der Waals surface area contributed by atoms with Gasteiger partial charge in [-0.05, 0) is 68.4 Å². The van der Waals surface area contributed by atoms with Gasteiger partial charge in [0.2, 0.25) is 0 Å². The van der Waals surface area contributed by atoms with Crippen LogP contribution in [0.15, 0.2) is 49.2 Å². The highest BCUT2D eigenvalue weighted by molar-refractivity contribution is 5.72. The molecule has 2 aromatic rings. The van der Waals surface area contributed by atoms with Gasteiger partial charge in [0.25, 0.3) is 0 Å². The highest BCUT2D eigenvalue weighted by atomic mass is 16.5. The second kappa shape index (κ2) is 11.0. The number of allylic oxidation sites excluding steroid dienone is 1. The number of hydrogen-bond acceptors (Lipinski definition) is 5. The largest absolute Gasteiger partial charge is 0.396 e. The smallest absolute Gasteiger partial charge is 0.0497 e. The molecule has 4 rings (SSSR count). The number of aromatic nitrogens is 1. The molecule has 176 valence electrons. The van der Waals surface area contributed by atoms with Crippen molar-refractivity contribution < 1.29 is 9.84 Å². The molecule has 3 heterocycles. The minimum Gasteiger partial charge on any atom is -0.396 e. The van der Waals surface area contributed by atoms with Crippen LogP contribution in [0.4, 0.5) is 5.69 Å². The van der Waals surface area contributed by atoms with Crippen LogP contribution in [0.3, 0.4) is 0 Å². The summed E-state index contributed by atoms with van der Waals surface area (Å²) in [7, 11) is 0. The van der Waals surface area contributed by atoms with Gasteiger partial charge in [0.15, 0.2) is 0 Å². The van der Waals surface area contributed by atoms with E-state index in [0.29, 0.717) is 12.6 Å². The van der Waals surface area contributed by atoms with Crippen molar-refractivity contribution in [2.75, 3.05) is 31.3 Å². The molecular weight excluding hydrogens is 410 g/mol. The van der Waals surface area contributed by atoms with Crippen LogP contribution in [-0.2, 0) is 24.1 Å². The monoisotopic (exact) mass is 447 g/mol. The Morgan fingerprint density at radius 2 is 2.06 bits per heavy atom. The van der Waals surface area contributed by atoms with Crippen LogP contribution in [0, 0.1) is 12.8 Å². The average molecular weight is 448 g/mol. The van der Waals surface area contributed by atoms with E-state index in [2.05, 4.69) is 65.1 Å². The number of ether oxygens (including phenoxy) is 1. The third-order valence-electron chi connectivity index (χ3n) is 6.92. The first-order chi connectivity index (χ1) is 16.1. The second-order valence-corrected chi connectivity index (χ2v) is 9.14. The van der Waals surface area contributed by atoms with Gasteiger partial charge < -0.3 is 20.1 Å². The zero-order valence-electron chi connectivity index (χ0n) is 20.0. The van der Waals surface area contributed by atoms with Gasteiger partial charge >= 0.3 is 0 Å². The van der Waals surface area contributed by atoms with Crippen molar-refractivity contribution in [3.63, 3.8) is 0 Å². The van der Waals surface area contributed by atoms with E-state index >= 15 is 0 Å². The molecule has 1 aromatic carbocycles. The Balaban J connectivity index is 1.72. The van der Waals surface area contributed by atoms with Gasteiger partial charge in [-0.3, -0.25) is 4.98 Å². The number of benzene rings is 1. The number of pyridine rings is 1. The van der Waals surface area contributed by atoms with Gasteiger partial charge in [0.1, 0.15) is 0 Å². The minimum atomic E-state index is 0.0848. The molecule has 0 aliphatic carbocycles. The van der Waals surface area contributed by atoms with Crippen LogP contribution in [-0.4, -0.2) is 42.5 Å². The fourth-order valence-corrected chi connectivity index (χ4v) is 5.11. The maximum absolute atomic E-state index is 10.1. The first kappa shape index (κ1) is 23.5. The summed E-state index contributed by atoms with van der Waals surface area (Å²) in [6.45, 7) is 12.1. The lowest BCUT2D eigenvalue weighted by Gasteiger charge is -2.37. The van der Waals surface area contributed by atoms with Crippen LogP contribution < -0.4 is 10.2 Å². The number of nitrogens with one attached hydrogen (secondary N) is 1. The fourth-order valence-electron chi connectivity index (χ4n) is 5.11. The summed E-state index contributed by atoms with van der Waals surface area (Å²) in [5.74, 6) is 0.0848. The summed E-state index contributed by atoms with van der Waals surface area (Å²) >= 11 is 0. The molecule has 0 amide bonds. The van der Waals surface area contributed by atoms with Crippen molar-refractivity contribution in [1.82, 2.24) is 10.3 Å². The summed E-state index contributed by atoms with van der Waals surface area (Å²) in [4.78, 5) is 7.06. The molecule has 0 spiro atoms. The van der Waals surface area contributed by atoms with Crippen molar-refractivity contribution in [3.8, 4) is 0 Å². The number of anilines is 1. The molecule has 1 saturated heterocycles. The summed E-state index contributed by atoms with van der Waals surface area (Å²) in [6, 6.07) is 9.20. The number of fused-ring (bicyclic) bond motifs is 2. The zero-order valence-corrected chi connectivity index (χ0v) is 20.0. The predicted molar refractivity (Wildman–Crippen MR) is 135 cm³/mol. The van der Waals surface area contributed by atoms with Gasteiger partial charge in [-0.1, -0.05) is 30.9 Å². The molecule has 1 unspecified atom stereocenters. The SMILES string of the molecule is C=C1NCc2cnc(C)cc2CC(CO)/C=C/Cc2c1cccc2N(CC)C1CCOCC1. The van der Waals surface area contributed by atoms with Crippen molar-refractivity contribution >= 4 is 11.4 Å². The van der Waals surface area contributed by atoms with Crippen molar-refractivity contribution in [2.45, 2.75) is 52.1 Å². The number of aliphatic hydroxyl groups excluding tert-OH is 1. The summed E-state index contributed by atoms with van der Waals surface area (Å²) in [6.07, 6.45) is 10.1. The van der Waals surface area contributed by atoms with Crippen LogP contribution in [0.2, 0.25) is 0 Å². The van der Waals surface area contributed by atoms with Crippen LogP contribution in [0.5, 0.6) is 0 Å². The molecule has 5 heteroatoms. The maximum Gasteiger partial charge on any atom is 0.0497 e. The summed E-state index contributed by atoms with van der Waals surface area (Å²) in [5, 5.41) is 13.6. The quantitative estimate of drug-likeness (QED) is 0.680. The van der Waals surface area contributed by atoms with Gasteiger partial charge in [-0.15, -0.1) is 0 Å². The van der Waals surface area contributed by atoms with Gasteiger partial charge in [-0.2, -0.15) is 0 Å². The number of hydrogen-bond donors (Lipinski definition) is 2. The Morgan fingerprint density at radius 1 is 1.24 bits per heavy atom. The number of aliphatic hydroxyl groups is 1. The van der Waals surface area contributed by atoms with Gasteiger partial charge in [0, 0.05) is 73.7 Å². The Bertz CT molecular complexity index is 995. The van der Waals surface area contributed by atoms with E-state index in [1.807, 2.05) is 13.1 Å². The molecule has 5 nitrogen and oxygen atoms in total. The minimum absolute atomic E-state index is 0.0848. The number of nitrogens with zero attached hydrogens (tertiary/aromatic N) is 2. The molecule has 1 fully saturated rings. The Kier molecular flexibility index (Phi) is 7.84. The fraction of sp³-hybridized carbons (Fsp3) is 0.464. The third kappa shape index (κ3) is 5.48. The van der Waals surface area contributed by atoms with Crippen molar-refractivity contribution in [1.29, 1.82) is 0 Å². The zero-order chi connectivity index (χ0) is 23.2. The lowest BCUT2D eigenvalue weighted by atomic mass is 9.93. The highest BCUT2D eigenvalue weighted by Crippen LogP contribution is 2.32. The topological polar surface area (TPSA) is 57.6 Å². The van der Waals surface area contributed by atoms with E-state index in [1.54, 1.807) is 0 Å². The predicted octanol–water partition coefficient (Wildman–Crippen LogP) is 4.42. The van der Waals surface area contributed by atoms with Crippen LogP contribution in [0.25, 0.3) is 5.70 Å². The molecule has 0 saturated carbocycles. The first-order valence-electron chi connectivity index (χ1n) is 12.2. The van der Waals surface area contributed by atoms with E-state index < -0.39 is 0 Å². The molecule has 33 heavy (non-hydrogen) atoms.